The van der Waals surface area contributed by atoms with Crippen LogP contribution in [0.5, 0.6) is 0 Å². The second-order valence-corrected chi connectivity index (χ2v) is 7.56. The summed E-state index contributed by atoms with van der Waals surface area (Å²) in [5, 5.41) is 19.9. The van der Waals surface area contributed by atoms with E-state index < -0.39 is 23.8 Å². The minimum Gasteiger partial charge on any atom is -0.478 e. The highest BCUT2D eigenvalue weighted by atomic mass is 16.4. The maximum atomic E-state index is 12.1. The molecule has 0 bridgehead atoms. The van der Waals surface area contributed by atoms with Gasteiger partial charge >= 0.3 is 11.9 Å². The first-order valence-corrected chi connectivity index (χ1v) is 10.3. The molecule has 0 spiro atoms. The van der Waals surface area contributed by atoms with Crippen molar-refractivity contribution in [2.24, 2.45) is 0 Å². The molecular formula is C28H22O4. The number of rotatable bonds is 7. The van der Waals surface area contributed by atoms with Crippen molar-refractivity contribution in [1.82, 2.24) is 0 Å². The van der Waals surface area contributed by atoms with Crippen molar-refractivity contribution in [2.45, 2.75) is 11.8 Å². The van der Waals surface area contributed by atoms with E-state index in [1.165, 1.54) is 0 Å². The maximum absolute atomic E-state index is 12.1. The molecule has 0 saturated carbocycles. The first-order valence-electron chi connectivity index (χ1n) is 10.3. The smallest absolute Gasteiger partial charge is 0.335 e. The second-order valence-electron chi connectivity index (χ2n) is 7.56. The number of carboxylic acid groups (broad SMARTS) is 2. The Labute approximate surface area is 186 Å². The van der Waals surface area contributed by atoms with E-state index in [1.54, 1.807) is 24.3 Å². The van der Waals surface area contributed by atoms with Crippen LogP contribution < -0.4 is 0 Å². The predicted octanol–water partition coefficient (Wildman–Crippen LogP) is 6.05. The van der Waals surface area contributed by atoms with Crippen LogP contribution in [0.25, 0.3) is 0 Å². The molecule has 0 aliphatic rings. The third-order valence-electron chi connectivity index (χ3n) is 5.70. The van der Waals surface area contributed by atoms with Crippen molar-refractivity contribution in [2.75, 3.05) is 0 Å². The van der Waals surface area contributed by atoms with Crippen LogP contribution in [-0.2, 0) is 0 Å². The van der Waals surface area contributed by atoms with E-state index in [4.69, 9.17) is 0 Å². The quantitative estimate of drug-likeness (QED) is 0.380. The lowest BCUT2D eigenvalue weighted by Gasteiger charge is -2.31. The SMILES string of the molecule is O=C(O)c1ccccc1C(c1ccccc1)C(c1ccccc1)c1ccccc1C(=O)O. The Hall–Kier alpha value is -4.18. The summed E-state index contributed by atoms with van der Waals surface area (Å²) < 4.78 is 0. The van der Waals surface area contributed by atoms with Crippen LogP contribution in [0.15, 0.2) is 109 Å². The summed E-state index contributed by atoms with van der Waals surface area (Å²) in [6.45, 7) is 0. The molecule has 0 fully saturated rings. The number of benzene rings is 4. The molecule has 0 radical (unpaired) electrons. The van der Waals surface area contributed by atoms with E-state index in [2.05, 4.69) is 0 Å². The summed E-state index contributed by atoms with van der Waals surface area (Å²) in [7, 11) is 0. The highest BCUT2D eigenvalue weighted by molar-refractivity contribution is 5.91. The molecule has 0 saturated heterocycles. The molecule has 4 aromatic rings. The van der Waals surface area contributed by atoms with Gasteiger partial charge in [-0.15, -0.1) is 0 Å². The monoisotopic (exact) mass is 422 g/mol. The van der Waals surface area contributed by atoms with Crippen molar-refractivity contribution in [3.8, 4) is 0 Å². The molecule has 0 amide bonds. The third-order valence-corrected chi connectivity index (χ3v) is 5.70. The summed E-state index contributed by atoms with van der Waals surface area (Å²) in [5.41, 5.74) is 3.51. The van der Waals surface area contributed by atoms with E-state index >= 15 is 0 Å². The predicted molar refractivity (Wildman–Crippen MR) is 123 cm³/mol. The van der Waals surface area contributed by atoms with Crippen LogP contribution in [-0.4, -0.2) is 22.2 Å². The Kier molecular flexibility index (Phi) is 6.13. The van der Waals surface area contributed by atoms with Crippen LogP contribution in [0, 0.1) is 0 Å². The molecule has 4 heteroatoms. The summed E-state index contributed by atoms with van der Waals surface area (Å²) in [6.07, 6.45) is 0. The van der Waals surface area contributed by atoms with Gasteiger partial charge in [-0.25, -0.2) is 9.59 Å². The van der Waals surface area contributed by atoms with Crippen molar-refractivity contribution in [3.05, 3.63) is 143 Å². The number of carboxylic acids is 2. The number of aromatic carboxylic acids is 2. The van der Waals surface area contributed by atoms with Gasteiger partial charge < -0.3 is 10.2 Å². The molecule has 158 valence electrons. The van der Waals surface area contributed by atoms with Crippen molar-refractivity contribution in [1.29, 1.82) is 0 Å². The molecule has 4 nitrogen and oxygen atoms in total. The second kappa shape index (κ2) is 9.31. The standard InChI is InChI=1S/C28H22O4/c29-27(30)23-17-9-7-15-21(23)25(19-11-3-1-4-12-19)26(20-13-5-2-6-14-20)22-16-8-10-18-24(22)28(31)32/h1-18,25-26H,(H,29,30)(H,31,32). The Morgan fingerprint density at radius 2 is 0.781 bits per heavy atom. The van der Waals surface area contributed by atoms with Gasteiger partial charge in [0.2, 0.25) is 0 Å². The first kappa shape index (κ1) is 21.1. The van der Waals surface area contributed by atoms with Gasteiger partial charge in [0, 0.05) is 11.8 Å². The molecule has 0 aliphatic carbocycles. The molecule has 32 heavy (non-hydrogen) atoms. The molecular weight excluding hydrogens is 400 g/mol. The zero-order chi connectivity index (χ0) is 22.5. The van der Waals surface area contributed by atoms with Crippen LogP contribution in [0.4, 0.5) is 0 Å². The topological polar surface area (TPSA) is 74.6 Å². The molecule has 2 N–H and O–H groups in total. The largest absolute Gasteiger partial charge is 0.478 e. The zero-order valence-corrected chi connectivity index (χ0v) is 17.3. The van der Waals surface area contributed by atoms with E-state index in [0.29, 0.717) is 11.1 Å². The van der Waals surface area contributed by atoms with Crippen molar-refractivity contribution in [3.63, 3.8) is 0 Å². The normalized spacial score (nSPS) is 12.6. The van der Waals surface area contributed by atoms with Crippen molar-refractivity contribution >= 4 is 11.9 Å². The lowest BCUT2D eigenvalue weighted by Crippen LogP contribution is -2.20. The molecule has 4 rings (SSSR count). The first-order chi connectivity index (χ1) is 15.6. The van der Waals surface area contributed by atoms with E-state index in [1.807, 2.05) is 84.9 Å². The van der Waals surface area contributed by atoms with Gasteiger partial charge in [0.1, 0.15) is 0 Å². The van der Waals surface area contributed by atoms with Crippen LogP contribution in [0.2, 0.25) is 0 Å². The van der Waals surface area contributed by atoms with Crippen LogP contribution in [0.3, 0.4) is 0 Å². The average molecular weight is 422 g/mol. The molecule has 4 aromatic carbocycles. The fraction of sp³-hybridized carbons (Fsp3) is 0.0714. The van der Waals surface area contributed by atoms with Gasteiger partial charge in [-0.2, -0.15) is 0 Å². The fourth-order valence-electron chi connectivity index (χ4n) is 4.35. The maximum Gasteiger partial charge on any atom is 0.335 e. The minimum atomic E-state index is -1.01. The molecule has 2 unspecified atom stereocenters. The summed E-state index contributed by atoms with van der Waals surface area (Å²) in [5.74, 6) is -2.85. The van der Waals surface area contributed by atoms with E-state index in [9.17, 15) is 19.8 Å². The molecule has 0 aliphatic heterocycles. The Morgan fingerprint density at radius 1 is 0.469 bits per heavy atom. The lowest BCUT2D eigenvalue weighted by atomic mass is 9.71. The van der Waals surface area contributed by atoms with E-state index in [0.717, 1.165) is 11.1 Å². The lowest BCUT2D eigenvalue weighted by molar-refractivity contribution is 0.0683. The molecule has 0 aromatic heterocycles. The highest BCUT2D eigenvalue weighted by Crippen LogP contribution is 2.44. The number of hydrogen-bond acceptors (Lipinski definition) is 2. The van der Waals surface area contributed by atoms with Gasteiger partial charge in [-0.1, -0.05) is 97.1 Å². The molecule has 0 heterocycles. The number of carbonyl (C=O) groups is 2. The van der Waals surface area contributed by atoms with Crippen LogP contribution in [0.1, 0.15) is 54.8 Å². The van der Waals surface area contributed by atoms with Gasteiger partial charge in [-0.3, -0.25) is 0 Å². The molecule has 2 atom stereocenters. The minimum absolute atomic E-state index is 0.204. The van der Waals surface area contributed by atoms with E-state index in [-0.39, 0.29) is 11.1 Å². The summed E-state index contributed by atoms with van der Waals surface area (Å²) >= 11 is 0. The van der Waals surface area contributed by atoms with Gasteiger partial charge in [0.15, 0.2) is 0 Å². The fourth-order valence-corrected chi connectivity index (χ4v) is 4.35. The highest BCUT2D eigenvalue weighted by Gasteiger charge is 2.33. The van der Waals surface area contributed by atoms with Gasteiger partial charge in [0.25, 0.3) is 0 Å². The average Bonchev–Trinajstić information content (AvgIpc) is 2.83. The Morgan fingerprint density at radius 3 is 1.12 bits per heavy atom. The zero-order valence-electron chi connectivity index (χ0n) is 17.3. The van der Waals surface area contributed by atoms with Crippen molar-refractivity contribution < 1.29 is 19.8 Å². The Balaban J connectivity index is 2.06. The summed E-state index contributed by atoms with van der Waals surface area (Å²) in [4.78, 5) is 24.3. The van der Waals surface area contributed by atoms with Gasteiger partial charge in [-0.05, 0) is 34.4 Å². The Bertz CT molecular complexity index is 1130. The third kappa shape index (κ3) is 4.16. The van der Waals surface area contributed by atoms with Crippen LogP contribution >= 0.6 is 0 Å². The number of hydrogen-bond donors (Lipinski definition) is 2. The van der Waals surface area contributed by atoms with Gasteiger partial charge in [0.05, 0.1) is 11.1 Å². The summed E-state index contributed by atoms with van der Waals surface area (Å²) in [6, 6.07) is 33.2.